The molecule has 0 aromatic heterocycles. The Bertz CT molecular complexity index is 699. The van der Waals surface area contributed by atoms with E-state index in [2.05, 4.69) is 16.0 Å². The molecule has 2 atom stereocenters. The molecule has 1 saturated carbocycles. The second-order valence-electron chi connectivity index (χ2n) is 7.88. The fourth-order valence-electron chi connectivity index (χ4n) is 4.57. The lowest BCUT2D eigenvalue weighted by Gasteiger charge is -2.24. The van der Waals surface area contributed by atoms with E-state index >= 15 is 0 Å². The lowest BCUT2D eigenvalue weighted by atomic mass is 10.1. The third-order valence-electron chi connectivity index (χ3n) is 6.13. The van der Waals surface area contributed by atoms with Crippen molar-refractivity contribution in [1.82, 2.24) is 15.5 Å². The molecule has 0 spiro atoms. The summed E-state index contributed by atoms with van der Waals surface area (Å²) in [5.74, 6) is 0.570. The lowest BCUT2D eigenvalue weighted by molar-refractivity contribution is 0.0938. The van der Waals surface area contributed by atoms with Gasteiger partial charge in [-0.05, 0) is 55.9 Å². The molecule has 6 heteroatoms. The van der Waals surface area contributed by atoms with Crippen molar-refractivity contribution in [2.75, 3.05) is 25.0 Å². The highest BCUT2D eigenvalue weighted by Crippen LogP contribution is 2.28. The van der Waals surface area contributed by atoms with Crippen molar-refractivity contribution in [2.45, 2.75) is 51.1 Å². The topological polar surface area (TPSA) is 73.5 Å². The zero-order valence-corrected chi connectivity index (χ0v) is 15.4. The maximum atomic E-state index is 12.7. The molecular weight excluding hydrogens is 328 g/mol. The van der Waals surface area contributed by atoms with Crippen molar-refractivity contribution in [3.05, 3.63) is 29.3 Å². The van der Waals surface area contributed by atoms with Crippen molar-refractivity contribution in [2.24, 2.45) is 5.92 Å². The second kappa shape index (κ2) is 7.27. The Labute approximate surface area is 154 Å². The SMILES string of the molecule is Cc1cc(C(=O)NC2CCCC2)ccc1NC(=O)N1CC[C@@H]2CNC[C@@H]21. The molecule has 3 N–H and O–H groups in total. The van der Waals surface area contributed by atoms with Crippen LogP contribution in [-0.4, -0.2) is 48.6 Å². The van der Waals surface area contributed by atoms with Gasteiger partial charge >= 0.3 is 6.03 Å². The summed E-state index contributed by atoms with van der Waals surface area (Å²) in [5, 5.41) is 9.51. The van der Waals surface area contributed by atoms with Gasteiger partial charge in [0, 0.05) is 43.0 Å². The van der Waals surface area contributed by atoms with Gasteiger partial charge in [0.25, 0.3) is 5.91 Å². The summed E-state index contributed by atoms with van der Waals surface area (Å²) < 4.78 is 0. The van der Waals surface area contributed by atoms with E-state index in [-0.39, 0.29) is 11.9 Å². The van der Waals surface area contributed by atoms with Gasteiger partial charge in [-0.1, -0.05) is 12.8 Å². The normalized spacial score (nSPS) is 25.3. The molecular formula is C20H28N4O2. The van der Waals surface area contributed by atoms with Gasteiger partial charge in [0.2, 0.25) is 0 Å². The lowest BCUT2D eigenvalue weighted by Crippen LogP contribution is -2.41. The molecule has 2 heterocycles. The fourth-order valence-corrected chi connectivity index (χ4v) is 4.57. The Balaban J connectivity index is 1.39. The molecule has 1 aromatic rings. The number of hydrogen-bond donors (Lipinski definition) is 3. The van der Waals surface area contributed by atoms with E-state index in [1.54, 1.807) is 6.07 Å². The predicted molar refractivity (Wildman–Crippen MR) is 101 cm³/mol. The maximum Gasteiger partial charge on any atom is 0.322 e. The number of anilines is 1. The van der Waals surface area contributed by atoms with Crippen LogP contribution in [0.3, 0.4) is 0 Å². The van der Waals surface area contributed by atoms with E-state index in [1.165, 1.54) is 12.8 Å². The first kappa shape index (κ1) is 17.3. The Kier molecular flexibility index (Phi) is 4.85. The molecule has 1 aromatic carbocycles. The molecule has 26 heavy (non-hydrogen) atoms. The van der Waals surface area contributed by atoms with Crippen LogP contribution >= 0.6 is 0 Å². The highest BCUT2D eigenvalue weighted by atomic mass is 16.2. The van der Waals surface area contributed by atoms with Crippen molar-refractivity contribution >= 4 is 17.6 Å². The number of hydrogen-bond acceptors (Lipinski definition) is 3. The first-order chi connectivity index (χ1) is 12.6. The monoisotopic (exact) mass is 356 g/mol. The minimum Gasteiger partial charge on any atom is -0.349 e. The molecule has 0 unspecified atom stereocenters. The summed E-state index contributed by atoms with van der Waals surface area (Å²) >= 11 is 0. The standard InChI is InChI=1S/C20H28N4O2/c1-13-10-14(19(25)22-16-4-2-3-5-16)6-7-17(13)23-20(26)24-9-8-15-11-21-12-18(15)24/h6-7,10,15-16,18,21H,2-5,8-9,11-12H2,1H3,(H,22,25)(H,23,26)/t15-,18+/m1/s1. The van der Waals surface area contributed by atoms with E-state index in [1.807, 2.05) is 24.0 Å². The quantitative estimate of drug-likeness (QED) is 0.779. The number of rotatable bonds is 3. The highest BCUT2D eigenvalue weighted by Gasteiger charge is 2.39. The predicted octanol–water partition coefficient (Wildman–Crippen LogP) is 2.49. The number of nitrogens with one attached hydrogen (secondary N) is 3. The van der Waals surface area contributed by atoms with Crippen molar-refractivity contribution < 1.29 is 9.59 Å². The van der Waals surface area contributed by atoms with Crippen LogP contribution in [0.2, 0.25) is 0 Å². The van der Waals surface area contributed by atoms with Gasteiger partial charge < -0.3 is 20.9 Å². The third kappa shape index (κ3) is 3.43. The first-order valence-corrected chi connectivity index (χ1v) is 9.81. The number of fused-ring (bicyclic) bond motifs is 1. The van der Waals surface area contributed by atoms with E-state index in [4.69, 9.17) is 0 Å². The van der Waals surface area contributed by atoms with Crippen LogP contribution in [0.4, 0.5) is 10.5 Å². The second-order valence-corrected chi connectivity index (χ2v) is 7.88. The molecule has 2 saturated heterocycles. The van der Waals surface area contributed by atoms with Gasteiger partial charge in [-0.15, -0.1) is 0 Å². The number of carbonyl (C=O) groups is 2. The molecule has 3 fully saturated rings. The number of carbonyl (C=O) groups excluding carboxylic acids is 2. The summed E-state index contributed by atoms with van der Waals surface area (Å²) in [5.41, 5.74) is 2.35. The number of likely N-dealkylation sites (tertiary alicyclic amines) is 1. The van der Waals surface area contributed by atoms with Gasteiger partial charge in [0.1, 0.15) is 0 Å². The number of nitrogens with zero attached hydrogens (tertiary/aromatic N) is 1. The smallest absolute Gasteiger partial charge is 0.322 e. The number of aryl methyl sites for hydroxylation is 1. The van der Waals surface area contributed by atoms with E-state index in [0.29, 0.717) is 23.6 Å². The summed E-state index contributed by atoms with van der Waals surface area (Å²) in [6, 6.07) is 6.10. The fraction of sp³-hybridized carbons (Fsp3) is 0.600. The average molecular weight is 356 g/mol. The van der Waals surface area contributed by atoms with Crippen LogP contribution < -0.4 is 16.0 Å². The maximum absolute atomic E-state index is 12.7. The van der Waals surface area contributed by atoms with E-state index in [0.717, 1.165) is 50.1 Å². The molecule has 140 valence electrons. The summed E-state index contributed by atoms with van der Waals surface area (Å²) in [6.07, 6.45) is 5.62. The molecule has 0 radical (unpaired) electrons. The molecule has 1 aliphatic carbocycles. The van der Waals surface area contributed by atoms with E-state index in [9.17, 15) is 9.59 Å². The van der Waals surface area contributed by atoms with Crippen LogP contribution in [0.15, 0.2) is 18.2 Å². The first-order valence-electron chi connectivity index (χ1n) is 9.81. The van der Waals surface area contributed by atoms with Gasteiger partial charge in [0.05, 0.1) is 0 Å². The average Bonchev–Trinajstić information content (AvgIpc) is 3.33. The Morgan fingerprint density at radius 1 is 1.15 bits per heavy atom. The van der Waals surface area contributed by atoms with Crippen molar-refractivity contribution in [3.63, 3.8) is 0 Å². The molecule has 3 amide bonds. The van der Waals surface area contributed by atoms with Crippen LogP contribution in [0, 0.1) is 12.8 Å². The minimum absolute atomic E-state index is 0.0164. The molecule has 3 aliphatic rings. The minimum atomic E-state index is -0.0348. The zero-order valence-electron chi connectivity index (χ0n) is 15.4. The van der Waals surface area contributed by atoms with Crippen molar-refractivity contribution in [3.8, 4) is 0 Å². The highest BCUT2D eigenvalue weighted by molar-refractivity contribution is 5.96. The zero-order chi connectivity index (χ0) is 18.1. The van der Waals surface area contributed by atoms with Crippen LogP contribution in [0.5, 0.6) is 0 Å². The van der Waals surface area contributed by atoms with Crippen LogP contribution in [0.25, 0.3) is 0 Å². The molecule has 4 rings (SSSR count). The van der Waals surface area contributed by atoms with Crippen LogP contribution in [-0.2, 0) is 0 Å². The number of benzene rings is 1. The largest absolute Gasteiger partial charge is 0.349 e. The van der Waals surface area contributed by atoms with Crippen molar-refractivity contribution in [1.29, 1.82) is 0 Å². The Hall–Kier alpha value is -2.08. The van der Waals surface area contributed by atoms with E-state index < -0.39 is 0 Å². The number of amides is 3. The summed E-state index contributed by atoms with van der Waals surface area (Å²) in [7, 11) is 0. The molecule has 2 aliphatic heterocycles. The van der Waals surface area contributed by atoms with Crippen LogP contribution in [0.1, 0.15) is 48.0 Å². The third-order valence-corrected chi connectivity index (χ3v) is 6.13. The van der Waals surface area contributed by atoms with Gasteiger partial charge in [0.15, 0.2) is 0 Å². The Morgan fingerprint density at radius 3 is 2.73 bits per heavy atom. The Morgan fingerprint density at radius 2 is 1.96 bits per heavy atom. The number of urea groups is 1. The van der Waals surface area contributed by atoms with Gasteiger partial charge in [-0.25, -0.2) is 4.79 Å². The molecule has 6 nitrogen and oxygen atoms in total. The molecule has 0 bridgehead atoms. The summed E-state index contributed by atoms with van der Waals surface area (Å²) in [6.45, 7) is 4.66. The van der Waals surface area contributed by atoms with Gasteiger partial charge in [-0.2, -0.15) is 0 Å². The van der Waals surface area contributed by atoms with Gasteiger partial charge in [-0.3, -0.25) is 4.79 Å². The summed E-state index contributed by atoms with van der Waals surface area (Å²) in [4.78, 5) is 27.0.